The number of halogens is 2. The van der Waals surface area contributed by atoms with Crippen LogP contribution in [0.2, 0.25) is 5.02 Å². The Hall–Kier alpha value is -1.21. The van der Waals surface area contributed by atoms with Gasteiger partial charge >= 0.3 is 0 Å². The molecule has 3 aromatic rings. The highest BCUT2D eigenvalue weighted by Gasteiger charge is 2.16. The number of hydrogen-bond acceptors (Lipinski definition) is 3. The minimum atomic E-state index is -0.155. The topological polar surface area (TPSA) is 50.9 Å². The maximum Gasteiger partial charge on any atom is 0.0753 e. The first-order valence-electron chi connectivity index (χ1n) is 6.45. The number of hydrogen-bond donors (Lipinski definition) is 2. The Balaban J connectivity index is 2.16. The van der Waals surface area contributed by atoms with Crippen LogP contribution in [0.3, 0.4) is 0 Å². The number of pyridine rings is 1. The molecule has 0 saturated heterocycles. The van der Waals surface area contributed by atoms with E-state index in [4.69, 9.17) is 17.4 Å². The number of aromatic nitrogens is 1. The monoisotopic (exact) mass is 409 g/mol. The molecule has 1 heterocycles. The second kappa shape index (κ2) is 6.27. The summed E-state index contributed by atoms with van der Waals surface area (Å²) in [6, 6.07) is 15.9. The molecule has 0 aliphatic rings. The van der Waals surface area contributed by atoms with Crippen LogP contribution in [0, 0.1) is 3.57 Å². The van der Waals surface area contributed by atoms with Gasteiger partial charge in [0.25, 0.3) is 0 Å². The summed E-state index contributed by atoms with van der Waals surface area (Å²) < 4.78 is 1.02. The van der Waals surface area contributed by atoms with Crippen LogP contribution in [-0.4, -0.2) is 4.98 Å². The summed E-state index contributed by atoms with van der Waals surface area (Å²) in [6.07, 6.45) is 1.79. The molecule has 0 bridgehead atoms. The third-order valence-electron chi connectivity index (χ3n) is 3.42. The van der Waals surface area contributed by atoms with Crippen molar-refractivity contribution < 1.29 is 0 Å². The van der Waals surface area contributed by atoms with E-state index in [-0.39, 0.29) is 6.04 Å². The molecule has 0 aliphatic heterocycles. The smallest absolute Gasteiger partial charge is 0.0753 e. The van der Waals surface area contributed by atoms with Gasteiger partial charge in [0, 0.05) is 20.7 Å². The molecule has 21 heavy (non-hydrogen) atoms. The molecule has 1 aromatic heterocycles. The summed E-state index contributed by atoms with van der Waals surface area (Å²) in [5.74, 6) is 5.79. The zero-order valence-electron chi connectivity index (χ0n) is 11.1. The molecule has 0 radical (unpaired) electrons. The van der Waals surface area contributed by atoms with Crippen molar-refractivity contribution in [2.75, 3.05) is 0 Å². The predicted octanol–water partition coefficient (Wildman–Crippen LogP) is 4.05. The average Bonchev–Trinajstić information content (AvgIpc) is 2.52. The van der Waals surface area contributed by atoms with Crippen LogP contribution in [0.4, 0.5) is 0 Å². The quantitative estimate of drug-likeness (QED) is 0.390. The van der Waals surface area contributed by atoms with Crippen LogP contribution in [0.15, 0.2) is 54.7 Å². The second-order valence-electron chi connectivity index (χ2n) is 4.70. The molecule has 3 rings (SSSR count). The van der Waals surface area contributed by atoms with Gasteiger partial charge in [-0.2, -0.15) is 0 Å². The molecule has 2 aromatic carbocycles. The average molecular weight is 410 g/mol. The Morgan fingerprint density at radius 2 is 1.95 bits per heavy atom. The minimum absolute atomic E-state index is 0.155. The van der Waals surface area contributed by atoms with Gasteiger partial charge in [0.15, 0.2) is 0 Å². The fourth-order valence-corrected chi connectivity index (χ4v) is 2.94. The van der Waals surface area contributed by atoms with Crippen LogP contribution in [-0.2, 0) is 0 Å². The fraction of sp³-hybridized carbons (Fsp3) is 0.0625. The third kappa shape index (κ3) is 2.89. The maximum absolute atomic E-state index is 6.23. The molecule has 0 aliphatic carbocycles. The van der Waals surface area contributed by atoms with Crippen molar-refractivity contribution >= 4 is 45.1 Å². The molecule has 1 atom stereocenters. The van der Waals surface area contributed by atoms with Gasteiger partial charge in [0.2, 0.25) is 0 Å². The van der Waals surface area contributed by atoms with Gasteiger partial charge in [-0.25, -0.2) is 5.43 Å². The summed E-state index contributed by atoms with van der Waals surface area (Å²) in [7, 11) is 0. The molecule has 0 saturated carbocycles. The Kier molecular flexibility index (Phi) is 4.40. The standard InChI is InChI=1S/C16H13ClIN3/c17-13-9-11(6-7-14(13)18)16(21-19)12-5-1-3-10-4-2-8-20-15(10)12/h1-9,16,21H,19H2. The van der Waals surface area contributed by atoms with Crippen LogP contribution in [0.25, 0.3) is 10.9 Å². The molecule has 5 heteroatoms. The predicted molar refractivity (Wildman–Crippen MR) is 95.1 cm³/mol. The summed E-state index contributed by atoms with van der Waals surface area (Å²) >= 11 is 8.44. The van der Waals surface area contributed by atoms with E-state index in [1.54, 1.807) is 6.20 Å². The van der Waals surface area contributed by atoms with Crippen LogP contribution >= 0.6 is 34.2 Å². The largest absolute Gasteiger partial charge is 0.271 e. The minimum Gasteiger partial charge on any atom is -0.271 e. The normalized spacial score (nSPS) is 12.5. The van der Waals surface area contributed by atoms with Gasteiger partial charge in [-0.15, -0.1) is 0 Å². The fourth-order valence-electron chi connectivity index (χ4n) is 2.42. The molecule has 3 nitrogen and oxygen atoms in total. The van der Waals surface area contributed by atoms with E-state index in [9.17, 15) is 0 Å². The highest BCUT2D eigenvalue weighted by Crippen LogP contribution is 2.30. The number of benzene rings is 2. The zero-order valence-corrected chi connectivity index (χ0v) is 14.0. The first-order valence-corrected chi connectivity index (χ1v) is 7.91. The van der Waals surface area contributed by atoms with Crippen molar-refractivity contribution in [3.8, 4) is 0 Å². The molecule has 0 fully saturated rings. The van der Waals surface area contributed by atoms with Gasteiger partial charge in [-0.05, 0) is 46.4 Å². The van der Waals surface area contributed by atoms with Crippen LogP contribution in [0.1, 0.15) is 17.2 Å². The summed E-state index contributed by atoms with van der Waals surface area (Å²) in [6.45, 7) is 0. The number of nitrogens with two attached hydrogens (primary N) is 1. The van der Waals surface area contributed by atoms with Gasteiger partial charge in [-0.1, -0.05) is 41.9 Å². The van der Waals surface area contributed by atoms with Gasteiger partial charge in [-0.3, -0.25) is 10.8 Å². The van der Waals surface area contributed by atoms with Gasteiger partial charge in [0.1, 0.15) is 0 Å². The maximum atomic E-state index is 6.23. The van der Waals surface area contributed by atoms with Crippen molar-refractivity contribution in [3.05, 3.63) is 74.4 Å². The Bertz CT molecular complexity index is 786. The molecule has 3 N–H and O–H groups in total. The van der Waals surface area contributed by atoms with E-state index in [1.165, 1.54) is 0 Å². The number of nitrogens with zero attached hydrogens (tertiary/aromatic N) is 1. The zero-order chi connectivity index (χ0) is 14.8. The van der Waals surface area contributed by atoms with Crippen molar-refractivity contribution in [3.63, 3.8) is 0 Å². The van der Waals surface area contributed by atoms with Crippen molar-refractivity contribution in [1.82, 2.24) is 10.4 Å². The second-order valence-corrected chi connectivity index (χ2v) is 6.26. The van der Waals surface area contributed by atoms with Gasteiger partial charge in [0.05, 0.1) is 16.6 Å². The number of nitrogens with one attached hydrogen (secondary N) is 1. The lowest BCUT2D eigenvalue weighted by atomic mass is 9.97. The first kappa shape index (κ1) is 14.7. The molecular weight excluding hydrogens is 397 g/mol. The SMILES string of the molecule is NNC(c1ccc(I)c(Cl)c1)c1cccc2cccnc12. The highest BCUT2D eigenvalue weighted by atomic mass is 127. The molecule has 106 valence electrons. The Morgan fingerprint density at radius 3 is 2.71 bits per heavy atom. The van der Waals surface area contributed by atoms with Crippen LogP contribution in [0.5, 0.6) is 0 Å². The summed E-state index contributed by atoms with van der Waals surface area (Å²) in [5.41, 5.74) is 5.86. The molecular formula is C16H13ClIN3. The van der Waals surface area contributed by atoms with Crippen molar-refractivity contribution in [1.29, 1.82) is 0 Å². The lowest BCUT2D eigenvalue weighted by Gasteiger charge is -2.19. The number of hydrazine groups is 1. The van der Waals surface area contributed by atoms with E-state index in [0.29, 0.717) is 0 Å². The molecule has 0 amide bonds. The number of fused-ring (bicyclic) bond motifs is 1. The molecule has 1 unspecified atom stereocenters. The highest BCUT2D eigenvalue weighted by molar-refractivity contribution is 14.1. The van der Waals surface area contributed by atoms with Gasteiger partial charge < -0.3 is 0 Å². The van der Waals surface area contributed by atoms with E-state index in [0.717, 1.165) is 30.6 Å². The van der Waals surface area contributed by atoms with Crippen molar-refractivity contribution in [2.24, 2.45) is 5.84 Å². The first-order chi connectivity index (χ1) is 10.2. The number of para-hydroxylation sites is 1. The molecule has 0 spiro atoms. The summed E-state index contributed by atoms with van der Waals surface area (Å²) in [5, 5.41) is 1.81. The van der Waals surface area contributed by atoms with E-state index >= 15 is 0 Å². The number of rotatable bonds is 3. The Morgan fingerprint density at radius 1 is 1.14 bits per heavy atom. The van der Waals surface area contributed by atoms with E-state index < -0.39 is 0 Å². The van der Waals surface area contributed by atoms with Crippen LogP contribution < -0.4 is 11.3 Å². The van der Waals surface area contributed by atoms with E-state index in [2.05, 4.69) is 33.0 Å². The lowest BCUT2D eigenvalue weighted by Crippen LogP contribution is -2.29. The lowest BCUT2D eigenvalue weighted by molar-refractivity contribution is 0.640. The van der Waals surface area contributed by atoms with E-state index in [1.807, 2.05) is 48.5 Å². The third-order valence-corrected chi connectivity index (χ3v) is 4.99. The summed E-state index contributed by atoms with van der Waals surface area (Å²) in [4.78, 5) is 4.49. The van der Waals surface area contributed by atoms with Crippen molar-refractivity contribution in [2.45, 2.75) is 6.04 Å². The Labute approximate surface area is 141 Å².